The topological polar surface area (TPSA) is 99.1 Å². The highest BCUT2D eigenvalue weighted by molar-refractivity contribution is 5.91. The molecule has 2 aromatic heterocycles. The molecular formula is C25H24N4O4. The largest absolute Gasteiger partial charge is 0.467 e. The molecule has 33 heavy (non-hydrogen) atoms. The molecule has 168 valence electrons. The van der Waals surface area contributed by atoms with E-state index in [1.807, 2.05) is 51.1 Å². The van der Waals surface area contributed by atoms with Gasteiger partial charge in [-0.05, 0) is 61.7 Å². The summed E-state index contributed by atoms with van der Waals surface area (Å²) in [5, 5.41) is 6.79. The standard InChI is InChI=1S/C25H24N4O4/c1-16-6-9-19(10-7-16)15-28-24(31)22(23(30)26-14-21-5-4-12-33-21)27-29(25(28)32)20-11-8-17(2)18(3)13-20/h4-13H,14-15H2,1-3H3,(H,26,30). The van der Waals surface area contributed by atoms with Crippen LogP contribution < -0.4 is 16.6 Å². The van der Waals surface area contributed by atoms with Gasteiger partial charge < -0.3 is 9.73 Å². The van der Waals surface area contributed by atoms with Crippen LogP contribution in [0.1, 0.15) is 38.5 Å². The van der Waals surface area contributed by atoms with Crippen LogP contribution in [-0.2, 0) is 13.1 Å². The minimum atomic E-state index is -0.752. The first-order valence-corrected chi connectivity index (χ1v) is 10.5. The van der Waals surface area contributed by atoms with Gasteiger partial charge in [-0.3, -0.25) is 14.2 Å². The molecule has 0 saturated carbocycles. The van der Waals surface area contributed by atoms with Crippen molar-refractivity contribution in [3.8, 4) is 5.69 Å². The molecule has 1 N–H and O–H groups in total. The maximum atomic E-state index is 13.3. The van der Waals surface area contributed by atoms with Crippen LogP contribution in [0.4, 0.5) is 0 Å². The Balaban J connectivity index is 1.81. The second kappa shape index (κ2) is 9.12. The van der Waals surface area contributed by atoms with Crippen LogP contribution in [0, 0.1) is 20.8 Å². The smallest absolute Gasteiger partial charge is 0.352 e. The van der Waals surface area contributed by atoms with Crippen molar-refractivity contribution in [2.75, 3.05) is 0 Å². The molecular weight excluding hydrogens is 420 g/mol. The molecule has 0 spiro atoms. The van der Waals surface area contributed by atoms with E-state index in [-0.39, 0.29) is 18.8 Å². The molecule has 4 aromatic rings. The fourth-order valence-electron chi connectivity index (χ4n) is 3.36. The van der Waals surface area contributed by atoms with Gasteiger partial charge in [0, 0.05) is 0 Å². The Bertz CT molecular complexity index is 1410. The molecule has 0 bridgehead atoms. The summed E-state index contributed by atoms with van der Waals surface area (Å²) in [6.07, 6.45) is 1.49. The van der Waals surface area contributed by atoms with Gasteiger partial charge in [0.25, 0.3) is 11.5 Å². The summed E-state index contributed by atoms with van der Waals surface area (Å²) in [5.41, 5.74) is 2.57. The van der Waals surface area contributed by atoms with E-state index in [0.717, 1.165) is 31.5 Å². The van der Waals surface area contributed by atoms with Gasteiger partial charge in [0.15, 0.2) is 0 Å². The van der Waals surface area contributed by atoms with E-state index in [1.54, 1.807) is 24.3 Å². The number of furan rings is 1. The molecule has 0 unspecified atom stereocenters. The number of carbonyl (C=O) groups is 1. The van der Waals surface area contributed by atoms with Gasteiger partial charge in [-0.1, -0.05) is 35.9 Å². The lowest BCUT2D eigenvalue weighted by molar-refractivity contribution is 0.0938. The Morgan fingerprint density at radius 3 is 2.42 bits per heavy atom. The van der Waals surface area contributed by atoms with Crippen LogP contribution in [0.3, 0.4) is 0 Å². The first-order valence-electron chi connectivity index (χ1n) is 10.5. The van der Waals surface area contributed by atoms with E-state index in [4.69, 9.17) is 4.42 Å². The van der Waals surface area contributed by atoms with Crippen LogP contribution >= 0.6 is 0 Å². The summed E-state index contributed by atoms with van der Waals surface area (Å²) < 4.78 is 7.36. The average Bonchev–Trinajstić information content (AvgIpc) is 3.32. The zero-order valence-electron chi connectivity index (χ0n) is 18.7. The molecule has 2 heterocycles. The Kier molecular flexibility index (Phi) is 6.08. The molecule has 2 aromatic carbocycles. The lowest BCUT2D eigenvalue weighted by Gasteiger charge is -2.13. The Hall–Kier alpha value is -4.20. The van der Waals surface area contributed by atoms with Crippen LogP contribution in [0.25, 0.3) is 5.69 Å². The van der Waals surface area contributed by atoms with Crippen molar-refractivity contribution in [2.24, 2.45) is 0 Å². The molecule has 0 aliphatic heterocycles. The number of aromatic nitrogens is 3. The summed E-state index contributed by atoms with van der Waals surface area (Å²) in [6, 6.07) is 16.3. The molecule has 0 atom stereocenters. The number of nitrogens with one attached hydrogen (secondary N) is 1. The predicted molar refractivity (Wildman–Crippen MR) is 124 cm³/mol. The number of carbonyl (C=O) groups excluding carboxylic acids is 1. The molecule has 0 saturated heterocycles. The van der Waals surface area contributed by atoms with Crippen molar-refractivity contribution in [3.05, 3.63) is 115 Å². The van der Waals surface area contributed by atoms with Gasteiger partial charge >= 0.3 is 5.69 Å². The van der Waals surface area contributed by atoms with Crippen molar-refractivity contribution in [3.63, 3.8) is 0 Å². The van der Waals surface area contributed by atoms with Crippen molar-refractivity contribution in [1.29, 1.82) is 0 Å². The highest BCUT2D eigenvalue weighted by atomic mass is 16.3. The maximum Gasteiger partial charge on any atom is 0.352 e. The molecule has 0 radical (unpaired) electrons. The lowest BCUT2D eigenvalue weighted by Crippen LogP contribution is -2.46. The summed E-state index contributed by atoms with van der Waals surface area (Å²) in [6.45, 7) is 5.94. The zero-order chi connectivity index (χ0) is 23.5. The third kappa shape index (κ3) is 4.69. The third-order valence-electron chi connectivity index (χ3n) is 5.47. The van der Waals surface area contributed by atoms with Crippen molar-refractivity contribution >= 4 is 5.91 Å². The van der Waals surface area contributed by atoms with Crippen LogP contribution in [0.2, 0.25) is 0 Å². The fourth-order valence-corrected chi connectivity index (χ4v) is 3.36. The SMILES string of the molecule is Cc1ccc(Cn2c(=O)c(C(=O)NCc3ccco3)nn(-c3ccc(C)c(C)c3)c2=O)cc1. The maximum absolute atomic E-state index is 13.3. The number of hydrogen-bond donors (Lipinski definition) is 1. The highest BCUT2D eigenvalue weighted by Crippen LogP contribution is 2.12. The van der Waals surface area contributed by atoms with Gasteiger partial charge in [-0.25, -0.2) is 4.79 Å². The number of benzene rings is 2. The van der Waals surface area contributed by atoms with Gasteiger partial charge in [-0.15, -0.1) is 0 Å². The average molecular weight is 444 g/mol. The number of rotatable bonds is 6. The van der Waals surface area contributed by atoms with Crippen molar-refractivity contribution in [2.45, 2.75) is 33.9 Å². The van der Waals surface area contributed by atoms with E-state index in [2.05, 4.69) is 10.4 Å². The van der Waals surface area contributed by atoms with Gasteiger partial charge in [-0.2, -0.15) is 9.78 Å². The quantitative estimate of drug-likeness (QED) is 0.493. The number of nitrogens with zero attached hydrogens (tertiary/aromatic N) is 3. The Morgan fingerprint density at radius 2 is 1.76 bits per heavy atom. The molecule has 8 nitrogen and oxygen atoms in total. The van der Waals surface area contributed by atoms with Crippen LogP contribution in [-0.4, -0.2) is 20.3 Å². The van der Waals surface area contributed by atoms with Gasteiger partial charge in [0.2, 0.25) is 5.69 Å². The molecule has 4 rings (SSSR count). The predicted octanol–water partition coefficient (Wildman–Crippen LogP) is 2.89. The number of aryl methyl sites for hydroxylation is 3. The number of amides is 1. The highest BCUT2D eigenvalue weighted by Gasteiger charge is 2.21. The van der Waals surface area contributed by atoms with E-state index in [0.29, 0.717) is 11.4 Å². The second-order valence-electron chi connectivity index (χ2n) is 7.95. The minimum absolute atomic E-state index is 0.0176. The normalized spacial score (nSPS) is 10.9. The third-order valence-corrected chi connectivity index (χ3v) is 5.47. The van der Waals surface area contributed by atoms with Crippen molar-refractivity contribution < 1.29 is 9.21 Å². The van der Waals surface area contributed by atoms with Gasteiger partial charge in [0.1, 0.15) is 5.76 Å². The minimum Gasteiger partial charge on any atom is -0.467 e. The molecule has 0 aliphatic carbocycles. The Morgan fingerprint density at radius 1 is 1.00 bits per heavy atom. The first-order chi connectivity index (χ1) is 15.8. The van der Waals surface area contributed by atoms with E-state index in [1.165, 1.54) is 6.26 Å². The van der Waals surface area contributed by atoms with E-state index >= 15 is 0 Å². The van der Waals surface area contributed by atoms with E-state index < -0.39 is 17.2 Å². The zero-order valence-corrected chi connectivity index (χ0v) is 18.7. The first kappa shape index (κ1) is 22.0. The summed E-state index contributed by atoms with van der Waals surface area (Å²) in [5.74, 6) is -0.155. The van der Waals surface area contributed by atoms with Crippen LogP contribution in [0.5, 0.6) is 0 Å². The molecule has 0 aliphatic rings. The summed E-state index contributed by atoms with van der Waals surface area (Å²) >= 11 is 0. The Labute approximate surface area is 190 Å². The van der Waals surface area contributed by atoms with E-state index in [9.17, 15) is 14.4 Å². The van der Waals surface area contributed by atoms with Crippen LogP contribution in [0.15, 0.2) is 74.9 Å². The summed E-state index contributed by atoms with van der Waals surface area (Å²) in [4.78, 5) is 39.3. The molecule has 8 heteroatoms. The second-order valence-corrected chi connectivity index (χ2v) is 7.95. The monoisotopic (exact) mass is 444 g/mol. The van der Waals surface area contributed by atoms with Crippen molar-refractivity contribution in [1.82, 2.24) is 19.7 Å². The summed E-state index contributed by atoms with van der Waals surface area (Å²) in [7, 11) is 0. The number of hydrogen-bond acceptors (Lipinski definition) is 5. The van der Waals surface area contributed by atoms with Gasteiger partial charge in [0.05, 0.1) is 25.0 Å². The fraction of sp³-hybridized carbons (Fsp3) is 0.200. The molecule has 0 fully saturated rings. The molecule has 1 amide bonds. The lowest BCUT2D eigenvalue weighted by atomic mass is 10.1.